The van der Waals surface area contributed by atoms with E-state index in [4.69, 9.17) is 18.9 Å². The topological polar surface area (TPSA) is 83.1 Å². The van der Waals surface area contributed by atoms with Crippen molar-refractivity contribution >= 4 is 17.6 Å². The summed E-state index contributed by atoms with van der Waals surface area (Å²) >= 11 is 0. The van der Waals surface area contributed by atoms with Gasteiger partial charge in [0.25, 0.3) is 0 Å². The Labute approximate surface area is 135 Å². The number of rotatable bonds is 11. The van der Waals surface area contributed by atoms with Crippen LogP contribution in [0.2, 0.25) is 0 Å². The number of nitrogens with one attached hydrogen (secondary N) is 1. The van der Waals surface area contributed by atoms with Crippen LogP contribution in [0.4, 0.5) is 5.69 Å². The maximum absolute atomic E-state index is 10.9. The molecule has 1 N–H and O–H groups in total. The van der Waals surface area contributed by atoms with E-state index in [9.17, 15) is 9.59 Å². The van der Waals surface area contributed by atoms with Crippen LogP contribution in [-0.2, 0) is 23.8 Å². The number of esters is 1. The first-order valence-electron chi connectivity index (χ1n) is 7.37. The zero-order valence-electron chi connectivity index (χ0n) is 13.5. The van der Waals surface area contributed by atoms with Crippen LogP contribution in [0.3, 0.4) is 0 Å². The molecule has 0 saturated carbocycles. The van der Waals surface area contributed by atoms with Crippen LogP contribution in [0.15, 0.2) is 24.3 Å². The molecule has 1 rings (SSSR count). The lowest BCUT2D eigenvalue weighted by Crippen LogP contribution is -2.13. The number of carbonyl (C=O) groups is 2. The third-order valence-corrected chi connectivity index (χ3v) is 2.58. The predicted octanol–water partition coefficient (Wildman–Crippen LogP) is 1.62. The number of anilines is 1. The summed E-state index contributed by atoms with van der Waals surface area (Å²) in [6, 6.07) is 7.11. The molecule has 7 nitrogen and oxygen atoms in total. The maximum atomic E-state index is 10.9. The van der Waals surface area contributed by atoms with Crippen LogP contribution in [0.1, 0.15) is 13.8 Å². The monoisotopic (exact) mass is 325 g/mol. The summed E-state index contributed by atoms with van der Waals surface area (Å²) in [5.74, 6) is 0.287. The summed E-state index contributed by atoms with van der Waals surface area (Å²) in [6.45, 7) is 5.19. The van der Waals surface area contributed by atoms with Gasteiger partial charge in [0.2, 0.25) is 5.91 Å². The molecule has 0 heterocycles. The Hall–Kier alpha value is -2.12. The number of carbonyl (C=O) groups excluding carboxylic acids is 2. The van der Waals surface area contributed by atoms with Gasteiger partial charge in [0.05, 0.1) is 26.4 Å². The predicted molar refractivity (Wildman–Crippen MR) is 84.5 cm³/mol. The van der Waals surface area contributed by atoms with E-state index in [1.165, 1.54) is 13.8 Å². The van der Waals surface area contributed by atoms with Gasteiger partial charge < -0.3 is 24.3 Å². The molecule has 0 bridgehead atoms. The van der Waals surface area contributed by atoms with E-state index in [-0.39, 0.29) is 18.5 Å². The van der Waals surface area contributed by atoms with Crippen LogP contribution < -0.4 is 10.1 Å². The fourth-order valence-electron chi connectivity index (χ4n) is 1.62. The first-order valence-corrected chi connectivity index (χ1v) is 7.37. The average Bonchev–Trinajstić information content (AvgIpc) is 2.50. The minimum Gasteiger partial charge on any atom is -0.491 e. The quantitative estimate of drug-likeness (QED) is 0.492. The smallest absolute Gasteiger partial charge is 0.302 e. The normalized spacial score (nSPS) is 10.2. The SMILES string of the molecule is CC(=O)Nc1ccc(OCCOCCOCCOC(C)=O)cc1. The van der Waals surface area contributed by atoms with Crippen molar-refractivity contribution in [3.05, 3.63) is 24.3 Å². The van der Waals surface area contributed by atoms with Crippen LogP contribution >= 0.6 is 0 Å². The van der Waals surface area contributed by atoms with E-state index in [0.717, 1.165) is 5.69 Å². The summed E-state index contributed by atoms with van der Waals surface area (Å²) < 4.78 is 20.8. The van der Waals surface area contributed by atoms with E-state index >= 15 is 0 Å². The molecule has 0 aliphatic rings. The van der Waals surface area contributed by atoms with Gasteiger partial charge in [-0.3, -0.25) is 9.59 Å². The Morgan fingerprint density at radius 3 is 2.00 bits per heavy atom. The van der Waals surface area contributed by atoms with Crippen molar-refractivity contribution in [2.45, 2.75) is 13.8 Å². The minimum atomic E-state index is -0.313. The maximum Gasteiger partial charge on any atom is 0.302 e. The molecule has 1 amide bonds. The van der Waals surface area contributed by atoms with Gasteiger partial charge in [-0.15, -0.1) is 0 Å². The van der Waals surface area contributed by atoms with Gasteiger partial charge in [0.15, 0.2) is 0 Å². The third-order valence-electron chi connectivity index (χ3n) is 2.58. The van der Waals surface area contributed by atoms with Crippen molar-refractivity contribution in [3.8, 4) is 5.75 Å². The van der Waals surface area contributed by atoms with Gasteiger partial charge in [-0.05, 0) is 24.3 Å². The van der Waals surface area contributed by atoms with Gasteiger partial charge in [-0.2, -0.15) is 0 Å². The second-order valence-corrected chi connectivity index (χ2v) is 4.62. The van der Waals surface area contributed by atoms with Crippen LogP contribution in [0.25, 0.3) is 0 Å². The van der Waals surface area contributed by atoms with E-state index in [1.807, 2.05) is 0 Å². The average molecular weight is 325 g/mol. The molecule has 1 aromatic rings. The van der Waals surface area contributed by atoms with Crippen molar-refractivity contribution in [1.82, 2.24) is 0 Å². The van der Waals surface area contributed by atoms with Gasteiger partial charge in [0.1, 0.15) is 19.0 Å². The summed E-state index contributed by atoms with van der Waals surface area (Å²) in [7, 11) is 0. The number of benzene rings is 1. The molecule has 128 valence electrons. The molecule has 0 radical (unpaired) electrons. The zero-order chi connectivity index (χ0) is 16.9. The Morgan fingerprint density at radius 2 is 1.43 bits per heavy atom. The molecule has 0 atom stereocenters. The van der Waals surface area contributed by atoms with Gasteiger partial charge in [-0.25, -0.2) is 0 Å². The molecule has 0 unspecified atom stereocenters. The molecular weight excluding hydrogens is 302 g/mol. The number of ether oxygens (including phenoxy) is 4. The van der Waals surface area contributed by atoms with Crippen LogP contribution in [-0.4, -0.2) is 51.5 Å². The Bertz CT molecular complexity index is 474. The number of amides is 1. The van der Waals surface area contributed by atoms with Gasteiger partial charge in [0, 0.05) is 19.5 Å². The Kier molecular flexibility index (Phi) is 9.42. The lowest BCUT2D eigenvalue weighted by Gasteiger charge is -2.08. The lowest BCUT2D eigenvalue weighted by atomic mass is 10.3. The second-order valence-electron chi connectivity index (χ2n) is 4.62. The molecule has 0 saturated heterocycles. The zero-order valence-corrected chi connectivity index (χ0v) is 13.5. The molecule has 23 heavy (non-hydrogen) atoms. The highest BCUT2D eigenvalue weighted by atomic mass is 16.6. The molecule has 0 aromatic heterocycles. The highest BCUT2D eigenvalue weighted by molar-refractivity contribution is 5.88. The van der Waals surface area contributed by atoms with E-state index in [1.54, 1.807) is 24.3 Å². The number of hydrogen-bond donors (Lipinski definition) is 1. The summed E-state index contributed by atoms with van der Waals surface area (Å²) in [4.78, 5) is 21.4. The van der Waals surface area contributed by atoms with E-state index in [0.29, 0.717) is 38.8 Å². The molecule has 0 aliphatic heterocycles. The summed E-state index contributed by atoms with van der Waals surface area (Å²) in [5, 5.41) is 2.68. The van der Waals surface area contributed by atoms with Crippen molar-refractivity contribution in [1.29, 1.82) is 0 Å². The van der Waals surface area contributed by atoms with Gasteiger partial charge in [-0.1, -0.05) is 0 Å². The highest BCUT2D eigenvalue weighted by Crippen LogP contribution is 2.15. The fraction of sp³-hybridized carbons (Fsp3) is 0.500. The lowest BCUT2D eigenvalue weighted by molar-refractivity contribution is -0.142. The minimum absolute atomic E-state index is 0.109. The highest BCUT2D eigenvalue weighted by Gasteiger charge is 1.98. The van der Waals surface area contributed by atoms with Crippen LogP contribution in [0.5, 0.6) is 5.75 Å². The van der Waals surface area contributed by atoms with Crippen molar-refractivity contribution in [2.24, 2.45) is 0 Å². The second kappa shape index (κ2) is 11.4. The molecule has 0 fully saturated rings. The molecule has 1 aromatic carbocycles. The first kappa shape index (κ1) is 18.9. The molecule has 0 spiro atoms. The third kappa shape index (κ3) is 10.3. The van der Waals surface area contributed by atoms with Gasteiger partial charge >= 0.3 is 5.97 Å². The fourth-order valence-corrected chi connectivity index (χ4v) is 1.62. The van der Waals surface area contributed by atoms with E-state index < -0.39 is 0 Å². The molecule has 0 aliphatic carbocycles. The Morgan fingerprint density at radius 1 is 0.870 bits per heavy atom. The van der Waals surface area contributed by atoms with Crippen molar-refractivity contribution in [3.63, 3.8) is 0 Å². The first-order chi connectivity index (χ1) is 11.1. The number of hydrogen-bond acceptors (Lipinski definition) is 6. The largest absolute Gasteiger partial charge is 0.491 e. The van der Waals surface area contributed by atoms with E-state index in [2.05, 4.69) is 5.32 Å². The van der Waals surface area contributed by atoms with Crippen molar-refractivity contribution in [2.75, 3.05) is 45.0 Å². The molecular formula is C16H23NO6. The standard InChI is InChI=1S/C16H23NO6/c1-13(18)17-15-3-5-16(6-4-15)23-12-10-21-8-7-20-9-11-22-14(2)19/h3-6H,7-12H2,1-2H3,(H,17,18). The van der Waals surface area contributed by atoms with Crippen LogP contribution in [0, 0.1) is 0 Å². The van der Waals surface area contributed by atoms with Crippen molar-refractivity contribution < 1.29 is 28.5 Å². The summed E-state index contributed by atoms with van der Waals surface area (Å²) in [5.41, 5.74) is 0.729. The Balaban J connectivity index is 1.98. The summed E-state index contributed by atoms with van der Waals surface area (Å²) in [6.07, 6.45) is 0. The molecule has 7 heteroatoms.